The zero-order chi connectivity index (χ0) is 23.9. The SMILES string of the molecule is CCCCN(Cc1ccc(-c2ccccc2-c2nn[nH]n2)cc1)C(=O)Nc1ccc(F)cc1F. The number of aromatic nitrogens is 4. The molecule has 9 heteroatoms. The first-order valence-electron chi connectivity index (χ1n) is 11.0. The molecule has 0 radical (unpaired) electrons. The van der Waals surface area contributed by atoms with E-state index in [1.165, 1.54) is 6.07 Å². The summed E-state index contributed by atoms with van der Waals surface area (Å²) in [6.45, 7) is 2.89. The van der Waals surface area contributed by atoms with Crippen LogP contribution in [0.15, 0.2) is 66.7 Å². The number of benzene rings is 3. The normalized spacial score (nSPS) is 10.8. The van der Waals surface area contributed by atoms with Gasteiger partial charge in [-0.05, 0) is 40.5 Å². The Hall–Kier alpha value is -4.14. The number of carbonyl (C=O) groups excluding carboxylic acids is 1. The lowest BCUT2D eigenvalue weighted by Crippen LogP contribution is -2.35. The summed E-state index contributed by atoms with van der Waals surface area (Å²) < 4.78 is 27.2. The molecule has 0 bridgehead atoms. The van der Waals surface area contributed by atoms with Gasteiger partial charge in [0.05, 0.1) is 5.69 Å². The number of H-pyrrole nitrogens is 1. The van der Waals surface area contributed by atoms with Crippen molar-refractivity contribution in [1.29, 1.82) is 0 Å². The molecule has 3 aromatic carbocycles. The molecule has 4 aromatic rings. The monoisotopic (exact) mass is 462 g/mol. The second kappa shape index (κ2) is 10.7. The predicted molar refractivity (Wildman–Crippen MR) is 126 cm³/mol. The van der Waals surface area contributed by atoms with Gasteiger partial charge in [0.2, 0.25) is 5.82 Å². The van der Waals surface area contributed by atoms with Gasteiger partial charge in [-0.25, -0.2) is 13.6 Å². The van der Waals surface area contributed by atoms with Gasteiger partial charge in [-0.15, -0.1) is 10.2 Å². The zero-order valence-corrected chi connectivity index (χ0v) is 18.6. The van der Waals surface area contributed by atoms with E-state index in [1.54, 1.807) is 4.90 Å². The number of urea groups is 1. The third-order valence-electron chi connectivity index (χ3n) is 5.39. The Bertz CT molecular complexity index is 1240. The van der Waals surface area contributed by atoms with Crippen molar-refractivity contribution in [1.82, 2.24) is 25.5 Å². The summed E-state index contributed by atoms with van der Waals surface area (Å²) in [5.41, 5.74) is 3.66. The molecule has 0 aliphatic carbocycles. The lowest BCUT2D eigenvalue weighted by Gasteiger charge is -2.23. The van der Waals surface area contributed by atoms with Crippen LogP contribution in [0.5, 0.6) is 0 Å². The summed E-state index contributed by atoms with van der Waals surface area (Å²) in [4.78, 5) is 14.5. The van der Waals surface area contributed by atoms with Crippen LogP contribution in [0.2, 0.25) is 0 Å². The summed E-state index contributed by atoms with van der Waals surface area (Å²) in [6.07, 6.45) is 1.70. The van der Waals surface area contributed by atoms with Gasteiger partial charge in [0, 0.05) is 24.7 Å². The van der Waals surface area contributed by atoms with Crippen LogP contribution in [0.1, 0.15) is 25.3 Å². The van der Waals surface area contributed by atoms with Crippen molar-refractivity contribution < 1.29 is 13.6 Å². The van der Waals surface area contributed by atoms with Crippen molar-refractivity contribution in [3.05, 3.63) is 83.9 Å². The quantitative estimate of drug-likeness (QED) is 0.354. The summed E-state index contributed by atoms with van der Waals surface area (Å²) >= 11 is 0. The molecule has 34 heavy (non-hydrogen) atoms. The number of tetrazole rings is 1. The summed E-state index contributed by atoms with van der Waals surface area (Å²) in [7, 11) is 0. The Morgan fingerprint density at radius 1 is 1.03 bits per heavy atom. The molecule has 0 saturated carbocycles. The van der Waals surface area contributed by atoms with Crippen LogP contribution in [0.25, 0.3) is 22.5 Å². The lowest BCUT2D eigenvalue weighted by molar-refractivity contribution is 0.208. The van der Waals surface area contributed by atoms with Crippen LogP contribution in [0, 0.1) is 11.6 Å². The van der Waals surface area contributed by atoms with Crippen LogP contribution in [0.4, 0.5) is 19.3 Å². The van der Waals surface area contributed by atoms with Crippen molar-refractivity contribution in [2.24, 2.45) is 0 Å². The first kappa shape index (κ1) is 23.0. The highest BCUT2D eigenvalue weighted by molar-refractivity contribution is 5.89. The van der Waals surface area contributed by atoms with Crippen LogP contribution in [-0.4, -0.2) is 38.1 Å². The Morgan fingerprint density at radius 3 is 2.47 bits per heavy atom. The molecule has 2 amide bonds. The molecule has 0 aliphatic rings. The molecule has 0 aliphatic heterocycles. The number of anilines is 1. The molecule has 7 nitrogen and oxygen atoms in total. The van der Waals surface area contributed by atoms with Gasteiger partial charge in [-0.2, -0.15) is 5.21 Å². The number of nitrogens with one attached hydrogen (secondary N) is 2. The minimum Gasteiger partial charge on any atom is -0.320 e. The van der Waals surface area contributed by atoms with Crippen molar-refractivity contribution in [2.45, 2.75) is 26.3 Å². The number of halogens is 2. The molecule has 0 saturated heterocycles. The number of rotatable bonds is 8. The first-order valence-corrected chi connectivity index (χ1v) is 11.0. The van der Waals surface area contributed by atoms with E-state index in [9.17, 15) is 13.6 Å². The lowest BCUT2D eigenvalue weighted by atomic mass is 9.98. The highest BCUT2D eigenvalue weighted by atomic mass is 19.1. The number of nitrogens with zero attached hydrogens (tertiary/aromatic N) is 4. The number of unbranched alkanes of at least 4 members (excludes halogenated alkanes) is 1. The Morgan fingerprint density at radius 2 is 1.79 bits per heavy atom. The van der Waals surface area contributed by atoms with Gasteiger partial charge >= 0.3 is 6.03 Å². The number of hydrogen-bond donors (Lipinski definition) is 2. The maximum atomic E-state index is 14.0. The minimum atomic E-state index is -0.812. The van der Waals surface area contributed by atoms with Crippen molar-refractivity contribution in [3.63, 3.8) is 0 Å². The van der Waals surface area contributed by atoms with Gasteiger partial charge in [-0.3, -0.25) is 0 Å². The summed E-state index contributed by atoms with van der Waals surface area (Å²) in [5.74, 6) is -0.997. The van der Waals surface area contributed by atoms with E-state index in [0.29, 0.717) is 18.9 Å². The molecule has 0 unspecified atom stereocenters. The average molecular weight is 463 g/mol. The first-order chi connectivity index (χ1) is 16.5. The van der Waals surface area contributed by atoms with Crippen LogP contribution in [0.3, 0.4) is 0 Å². The molecule has 2 N–H and O–H groups in total. The molecule has 1 aromatic heterocycles. The third-order valence-corrected chi connectivity index (χ3v) is 5.39. The van der Waals surface area contributed by atoms with Crippen LogP contribution in [-0.2, 0) is 6.54 Å². The Labute approximate surface area is 195 Å². The maximum Gasteiger partial charge on any atom is 0.322 e. The van der Waals surface area contributed by atoms with E-state index in [0.717, 1.165) is 47.2 Å². The van der Waals surface area contributed by atoms with Gasteiger partial charge in [-0.1, -0.05) is 61.9 Å². The van der Waals surface area contributed by atoms with E-state index in [-0.39, 0.29) is 5.69 Å². The fraction of sp³-hybridized carbons (Fsp3) is 0.200. The van der Waals surface area contributed by atoms with E-state index >= 15 is 0 Å². The van der Waals surface area contributed by atoms with E-state index in [2.05, 4.69) is 25.9 Å². The average Bonchev–Trinajstić information content (AvgIpc) is 3.39. The van der Waals surface area contributed by atoms with E-state index in [4.69, 9.17) is 0 Å². The fourth-order valence-electron chi connectivity index (χ4n) is 3.60. The molecule has 1 heterocycles. The molecule has 4 rings (SSSR count). The van der Waals surface area contributed by atoms with Crippen molar-refractivity contribution in [2.75, 3.05) is 11.9 Å². The number of amides is 2. The molecule has 174 valence electrons. The van der Waals surface area contributed by atoms with E-state index < -0.39 is 17.7 Å². The molecule has 0 fully saturated rings. The summed E-state index contributed by atoms with van der Waals surface area (Å²) in [5, 5.41) is 16.8. The predicted octanol–water partition coefficient (Wildman–Crippen LogP) is 5.65. The highest BCUT2D eigenvalue weighted by Crippen LogP contribution is 2.30. The molecule has 0 spiro atoms. The Kier molecular flexibility index (Phi) is 7.22. The van der Waals surface area contributed by atoms with Gasteiger partial charge in [0.15, 0.2) is 0 Å². The van der Waals surface area contributed by atoms with Gasteiger partial charge < -0.3 is 10.2 Å². The smallest absolute Gasteiger partial charge is 0.320 e. The highest BCUT2D eigenvalue weighted by Gasteiger charge is 2.16. The second-order valence-electron chi connectivity index (χ2n) is 7.81. The molecule has 0 atom stereocenters. The number of aromatic amines is 1. The zero-order valence-electron chi connectivity index (χ0n) is 18.6. The Balaban J connectivity index is 1.51. The van der Waals surface area contributed by atoms with Crippen LogP contribution < -0.4 is 5.32 Å². The maximum absolute atomic E-state index is 14.0. The topological polar surface area (TPSA) is 86.8 Å². The third kappa shape index (κ3) is 5.43. The number of hydrogen-bond acceptors (Lipinski definition) is 4. The van der Waals surface area contributed by atoms with Gasteiger partial charge in [0.1, 0.15) is 11.6 Å². The molecular formula is C25H24F2N6O. The summed E-state index contributed by atoms with van der Waals surface area (Å²) in [6, 6.07) is 18.3. The second-order valence-corrected chi connectivity index (χ2v) is 7.81. The van der Waals surface area contributed by atoms with Gasteiger partial charge in [0.25, 0.3) is 0 Å². The van der Waals surface area contributed by atoms with Crippen LogP contribution >= 0.6 is 0 Å². The minimum absolute atomic E-state index is 0.0543. The van der Waals surface area contributed by atoms with Crippen molar-refractivity contribution >= 4 is 11.7 Å². The molecular weight excluding hydrogens is 438 g/mol. The fourth-order valence-corrected chi connectivity index (χ4v) is 3.60. The van der Waals surface area contributed by atoms with Crippen molar-refractivity contribution in [3.8, 4) is 22.5 Å². The standard InChI is InChI=1S/C25H24F2N6O/c1-2-3-14-33(25(34)28-23-13-12-19(26)15-22(23)27)16-17-8-10-18(11-9-17)20-6-4-5-7-21(20)24-29-31-32-30-24/h4-13,15H,2-3,14,16H2,1H3,(H,28,34)(H,29,30,31,32). The number of carbonyl (C=O) groups is 1. The van der Waals surface area contributed by atoms with E-state index in [1.807, 2.05) is 55.5 Å². The largest absolute Gasteiger partial charge is 0.322 e.